The first kappa shape index (κ1) is 12.7. The van der Waals surface area contributed by atoms with Crippen LogP contribution in [0, 0.1) is 10.1 Å². The van der Waals surface area contributed by atoms with Gasteiger partial charge in [-0.15, -0.1) is 0 Å². The summed E-state index contributed by atoms with van der Waals surface area (Å²) in [6.45, 7) is 1.06. The molecule has 0 saturated heterocycles. The molecule has 0 radical (unpaired) electrons. The molecule has 0 N–H and O–H groups in total. The second-order valence-electron chi connectivity index (χ2n) is 2.98. The van der Waals surface area contributed by atoms with Gasteiger partial charge in [-0.2, -0.15) is 0 Å². The van der Waals surface area contributed by atoms with E-state index in [0.29, 0.717) is 0 Å². The van der Waals surface area contributed by atoms with Crippen LogP contribution in [0.5, 0.6) is 5.75 Å². The molecule has 0 bridgehead atoms. The fraction of sp³-hybridized carbons (Fsp3) is 0.222. The molecule has 0 amide bonds. The number of nitro groups is 1. The Hall–Kier alpha value is -1.33. The number of hydrogen-bond acceptors (Lipinski definition) is 4. The van der Waals surface area contributed by atoms with E-state index >= 15 is 0 Å². The number of carbonyl (C=O) groups excluding carboxylic acids is 1. The Kier molecular flexibility index (Phi) is 4.09. The molecule has 0 aromatic heterocycles. The summed E-state index contributed by atoms with van der Waals surface area (Å²) in [6, 6.07) is 2.30. The molecule has 0 fully saturated rings. The van der Waals surface area contributed by atoms with Crippen LogP contribution in [0.15, 0.2) is 12.1 Å². The van der Waals surface area contributed by atoms with Gasteiger partial charge in [-0.05, 0) is 6.92 Å². The Balaban J connectivity index is 3.09. The van der Waals surface area contributed by atoms with Gasteiger partial charge in [-0.3, -0.25) is 14.9 Å². The van der Waals surface area contributed by atoms with Gasteiger partial charge in [0.1, 0.15) is 6.61 Å². The summed E-state index contributed by atoms with van der Waals surface area (Å²) in [5.41, 5.74) is -0.323. The van der Waals surface area contributed by atoms with Crippen LogP contribution in [0.2, 0.25) is 10.0 Å². The third kappa shape index (κ3) is 3.08. The van der Waals surface area contributed by atoms with E-state index in [1.807, 2.05) is 0 Å². The number of rotatable bonds is 4. The summed E-state index contributed by atoms with van der Waals surface area (Å²) < 4.78 is 4.96. The zero-order valence-corrected chi connectivity index (χ0v) is 9.71. The van der Waals surface area contributed by atoms with Crippen LogP contribution in [-0.4, -0.2) is 17.3 Å². The minimum Gasteiger partial charge on any atom is -0.479 e. The molecule has 0 aliphatic carbocycles. The minimum atomic E-state index is -0.655. The zero-order valence-electron chi connectivity index (χ0n) is 8.20. The van der Waals surface area contributed by atoms with Crippen molar-refractivity contribution in [3.8, 4) is 5.75 Å². The van der Waals surface area contributed by atoms with Crippen LogP contribution in [0.4, 0.5) is 5.69 Å². The number of nitrogens with zero attached hydrogens (tertiary/aromatic N) is 1. The van der Waals surface area contributed by atoms with Gasteiger partial charge >= 0.3 is 5.69 Å². The molecule has 7 heteroatoms. The normalized spacial score (nSPS) is 9.94. The van der Waals surface area contributed by atoms with Gasteiger partial charge in [0.05, 0.1) is 15.0 Å². The zero-order chi connectivity index (χ0) is 12.3. The largest absolute Gasteiger partial charge is 0.479 e. The average molecular weight is 264 g/mol. The molecule has 0 saturated carbocycles. The first-order chi connectivity index (χ1) is 7.41. The topological polar surface area (TPSA) is 69.4 Å². The molecule has 0 spiro atoms. The van der Waals surface area contributed by atoms with Crippen molar-refractivity contribution in [1.29, 1.82) is 0 Å². The monoisotopic (exact) mass is 263 g/mol. The van der Waals surface area contributed by atoms with E-state index in [-0.39, 0.29) is 33.9 Å². The molecule has 0 atom stereocenters. The van der Waals surface area contributed by atoms with Crippen molar-refractivity contribution in [3.05, 3.63) is 32.3 Å². The molecule has 5 nitrogen and oxygen atoms in total. The third-order valence-electron chi connectivity index (χ3n) is 1.63. The van der Waals surface area contributed by atoms with E-state index in [1.165, 1.54) is 13.0 Å². The highest BCUT2D eigenvalue weighted by Gasteiger charge is 2.18. The van der Waals surface area contributed by atoms with Crippen molar-refractivity contribution in [2.75, 3.05) is 6.61 Å². The molecule has 86 valence electrons. The number of ketones is 1. The maximum atomic E-state index is 10.7. The van der Waals surface area contributed by atoms with Crippen LogP contribution in [0.1, 0.15) is 6.92 Å². The number of benzene rings is 1. The first-order valence-corrected chi connectivity index (χ1v) is 4.93. The predicted octanol–water partition coefficient (Wildman–Crippen LogP) is 2.87. The Morgan fingerprint density at radius 1 is 1.44 bits per heavy atom. The molecular formula is C9H7Cl2NO4. The van der Waals surface area contributed by atoms with Crippen LogP contribution in [0.3, 0.4) is 0 Å². The number of ether oxygens (including phenoxy) is 1. The van der Waals surface area contributed by atoms with Crippen LogP contribution < -0.4 is 4.74 Å². The van der Waals surface area contributed by atoms with Gasteiger partial charge < -0.3 is 4.74 Å². The number of Topliss-reactive ketones (excluding diaryl/α,β-unsaturated/α-hetero) is 1. The predicted molar refractivity (Wildman–Crippen MR) is 59.3 cm³/mol. The van der Waals surface area contributed by atoms with E-state index in [2.05, 4.69) is 0 Å². The smallest absolute Gasteiger partial charge is 0.312 e. The lowest BCUT2D eigenvalue weighted by atomic mass is 10.3. The Morgan fingerprint density at radius 2 is 2.00 bits per heavy atom. The maximum absolute atomic E-state index is 10.7. The maximum Gasteiger partial charge on any atom is 0.312 e. The highest BCUT2D eigenvalue weighted by atomic mass is 35.5. The molecule has 0 heterocycles. The highest BCUT2D eigenvalue weighted by molar-refractivity contribution is 6.42. The Bertz CT molecular complexity index is 447. The van der Waals surface area contributed by atoms with E-state index in [0.717, 1.165) is 6.07 Å². The summed E-state index contributed by atoms with van der Waals surface area (Å²) >= 11 is 11.3. The lowest BCUT2D eigenvalue weighted by Crippen LogP contribution is -2.08. The fourth-order valence-corrected chi connectivity index (χ4v) is 1.27. The Morgan fingerprint density at radius 3 is 2.50 bits per heavy atom. The first-order valence-electron chi connectivity index (χ1n) is 4.17. The summed E-state index contributed by atoms with van der Waals surface area (Å²) in [7, 11) is 0. The second kappa shape index (κ2) is 5.14. The van der Waals surface area contributed by atoms with Gasteiger partial charge in [0, 0.05) is 12.1 Å². The van der Waals surface area contributed by atoms with E-state index in [1.54, 1.807) is 0 Å². The van der Waals surface area contributed by atoms with Crippen molar-refractivity contribution in [3.63, 3.8) is 0 Å². The van der Waals surface area contributed by atoms with Crippen molar-refractivity contribution in [1.82, 2.24) is 0 Å². The molecular weight excluding hydrogens is 257 g/mol. The third-order valence-corrected chi connectivity index (χ3v) is 2.35. The molecule has 1 aromatic carbocycles. The molecule has 1 aromatic rings. The van der Waals surface area contributed by atoms with E-state index in [4.69, 9.17) is 27.9 Å². The summed E-state index contributed by atoms with van der Waals surface area (Å²) in [6.07, 6.45) is 0. The quantitative estimate of drug-likeness (QED) is 0.619. The number of halogens is 2. The minimum absolute atomic E-state index is 0.0588. The lowest BCUT2D eigenvalue weighted by Gasteiger charge is -2.06. The van der Waals surface area contributed by atoms with Crippen molar-refractivity contribution < 1.29 is 14.5 Å². The van der Waals surface area contributed by atoms with Crippen molar-refractivity contribution in [2.24, 2.45) is 0 Å². The van der Waals surface area contributed by atoms with E-state index < -0.39 is 4.92 Å². The van der Waals surface area contributed by atoms with Gasteiger partial charge in [0.2, 0.25) is 0 Å². The fourth-order valence-electron chi connectivity index (χ4n) is 0.956. The SMILES string of the molecule is CC(=O)COc1cc(Cl)c(Cl)cc1[N+](=O)[O-]. The van der Waals surface area contributed by atoms with Crippen LogP contribution >= 0.6 is 23.2 Å². The summed E-state index contributed by atoms with van der Waals surface area (Å²) in [5, 5.41) is 10.9. The van der Waals surface area contributed by atoms with Gasteiger partial charge in [0.15, 0.2) is 11.5 Å². The van der Waals surface area contributed by atoms with Gasteiger partial charge in [-0.1, -0.05) is 23.2 Å². The van der Waals surface area contributed by atoms with Crippen molar-refractivity contribution >= 4 is 34.7 Å². The number of nitro benzene ring substituents is 1. The molecule has 0 unspecified atom stereocenters. The van der Waals surface area contributed by atoms with E-state index in [9.17, 15) is 14.9 Å². The molecule has 0 aliphatic rings. The standard InChI is InChI=1S/C9H7Cl2NO4/c1-5(13)4-16-9-3-7(11)6(10)2-8(9)12(14)15/h2-3H,4H2,1H3. The number of hydrogen-bond donors (Lipinski definition) is 0. The molecule has 1 rings (SSSR count). The van der Waals surface area contributed by atoms with Gasteiger partial charge in [-0.25, -0.2) is 0 Å². The molecule has 0 aliphatic heterocycles. The lowest BCUT2D eigenvalue weighted by molar-refractivity contribution is -0.385. The van der Waals surface area contributed by atoms with Crippen LogP contribution in [0.25, 0.3) is 0 Å². The van der Waals surface area contributed by atoms with Crippen LogP contribution in [-0.2, 0) is 4.79 Å². The second-order valence-corrected chi connectivity index (χ2v) is 3.80. The summed E-state index contributed by atoms with van der Waals surface area (Å²) in [4.78, 5) is 20.7. The average Bonchev–Trinajstić information content (AvgIpc) is 2.18. The highest BCUT2D eigenvalue weighted by Crippen LogP contribution is 2.35. The Labute approximate surface area is 101 Å². The molecule has 16 heavy (non-hydrogen) atoms. The van der Waals surface area contributed by atoms with Gasteiger partial charge in [0.25, 0.3) is 0 Å². The number of carbonyl (C=O) groups is 1. The summed E-state index contributed by atoms with van der Waals surface area (Å²) in [5.74, 6) is -0.324. The van der Waals surface area contributed by atoms with Crippen molar-refractivity contribution in [2.45, 2.75) is 6.92 Å².